The third-order valence-electron chi connectivity index (χ3n) is 7.30. The second kappa shape index (κ2) is 9.65. The highest BCUT2D eigenvalue weighted by molar-refractivity contribution is 5.73. The van der Waals surface area contributed by atoms with Crippen molar-refractivity contribution in [1.29, 1.82) is 0 Å². The number of carbonyl (C=O) groups excluding carboxylic acids is 1. The zero-order valence-corrected chi connectivity index (χ0v) is 19.2. The van der Waals surface area contributed by atoms with Crippen LogP contribution in [-0.2, 0) is 17.8 Å². The number of aromatic nitrogens is 2. The number of fused-ring (bicyclic) bond motifs is 1. The Hall–Kier alpha value is -2.71. The molecule has 1 saturated heterocycles. The van der Waals surface area contributed by atoms with Gasteiger partial charge in [0.05, 0.1) is 6.10 Å². The molecule has 1 aliphatic carbocycles. The summed E-state index contributed by atoms with van der Waals surface area (Å²) in [5, 5.41) is 14.2. The molecule has 0 spiro atoms. The molecule has 2 N–H and O–H groups in total. The van der Waals surface area contributed by atoms with Crippen LogP contribution in [0.25, 0.3) is 0 Å². The molecule has 1 amide bonds. The van der Waals surface area contributed by atoms with E-state index < -0.39 is 6.10 Å². The smallest absolute Gasteiger partial charge is 0.219 e. The maximum absolute atomic E-state index is 11.5. The number of anilines is 1. The van der Waals surface area contributed by atoms with Crippen LogP contribution in [0.5, 0.6) is 5.88 Å². The number of ether oxygens (including phenoxy) is 1. The van der Waals surface area contributed by atoms with Gasteiger partial charge in [0.2, 0.25) is 11.8 Å². The number of likely N-dealkylation sites (tertiary alicyclic amines) is 1. The molecular formula is C25H33N5O3. The molecule has 5 rings (SSSR count). The van der Waals surface area contributed by atoms with E-state index in [2.05, 4.69) is 44.5 Å². The fraction of sp³-hybridized carbons (Fsp3) is 0.560. The third-order valence-corrected chi connectivity index (χ3v) is 7.30. The molecule has 2 aromatic rings. The van der Waals surface area contributed by atoms with Crippen LogP contribution in [0.4, 0.5) is 5.82 Å². The van der Waals surface area contributed by atoms with Gasteiger partial charge in [-0.15, -0.1) is 0 Å². The number of piperidine rings is 1. The van der Waals surface area contributed by atoms with Gasteiger partial charge in [-0.25, -0.2) is 9.97 Å². The molecule has 3 atom stereocenters. The molecule has 2 aliphatic heterocycles. The summed E-state index contributed by atoms with van der Waals surface area (Å²) in [4.78, 5) is 24.5. The topological polar surface area (TPSA) is 90.8 Å². The number of hydrogen-bond donors (Lipinski definition) is 2. The lowest BCUT2D eigenvalue weighted by atomic mass is 9.98. The SMILES string of the molecule is CC(=O)N1CCC(Nc2cc(O[C@@H]3CC(N4CCc5ccccc5C4)[C@@H](O)C3)ncn2)CC1. The number of rotatable bonds is 5. The second-order valence-electron chi connectivity index (χ2n) is 9.50. The van der Waals surface area contributed by atoms with E-state index in [-0.39, 0.29) is 24.1 Å². The van der Waals surface area contributed by atoms with E-state index in [1.54, 1.807) is 6.92 Å². The van der Waals surface area contributed by atoms with Crippen molar-refractivity contribution in [2.75, 3.05) is 25.0 Å². The molecule has 1 aromatic carbocycles. The summed E-state index contributed by atoms with van der Waals surface area (Å²) in [6.45, 7) is 5.01. The number of aliphatic hydroxyl groups excluding tert-OH is 1. The zero-order valence-electron chi connectivity index (χ0n) is 19.2. The van der Waals surface area contributed by atoms with Crippen LogP contribution in [0.2, 0.25) is 0 Å². The van der Waals surface area contributed by atoms with E-state index >= 15 is 0 Å². The number of aliphatic hydroxyl groups is 1. The third kappa shape index (κ3) is 5.12. The van der Waals surface area contributed by atoms with Crippen molar-refractivity contribution in [2.45, 2.75) is 69.9 Å². The Bertz CT molecular complexity index is 978. The minimum absolute atomic E-state index is 0.0660. The molecule has 1 aromatic heterocycles. The summed E-state index contributed by atoms with van der Waals surface area (Å²) in [5.74, 6) is 1.41. The lowest BCUT2D eigenvalue weighted by Crippen LogP contribution is -2.43. The number of hydrogen-bond acceptors (Lipinski definition) is 7. The first kappa shape index (κ1) is 22.1. The molecule has 2 fully saturated rings. The molecule has 8 heteroatoms. The van der Waals surface area contributed by atoms with Crippen LogP contribution >= 0.6 is 0 Å². The summed E-state index contributed by atoms with van der Waals surface area (Å²) in [7, 11) is 0. The van der Waals surface area contributed by atoms with Gasteiger partial charge in [-0.2, -0.15) is 0 Å². The summed E-state index contributed by atoms with van der Waals surface area (Å²) in [6, 6.07) is 10.8. The molecule has 3 heterocycles. The van der Waals surface area contributed by atoms with Crippen molar-refractivity contribution >= 4 is 11.7 Å². The Morgan fingerprint density at radius 1 is 1.12 bits per heavy atom. The number of carbonyl (C=O) groups is 1. The maximum atomic E-state index is 11.5. The van der Waals surface area contributed by atoms with Gasteiger partial charge in [-0.05, 0) is 30.4 Å². The Labute approximate surface area is 195 Å². The van der Waals surface area contributed by atoms with Crippen molar-refractivity contribution in [2.24, 2.45) is 0 Å². The molecule has 1 unspecified atom stereocenters. The average molecular weight is 452 g/mol. The monoisotopic (exact) mass is 451 g/mol. The van der Waals surface area contributed by atoms with Crippen LogP contribution < -0.4 is 10.1 Å². The van der Waals surface area contributed by atoms with E-state index in [1.165, 1.54) is 17.5 Å². The Balaban J connectivity index is 1.16. The summed E-state index contributed by atoms with van der Waals surface area (Å²) in [6.07, 6.45) is 5.28. The van der Waals surface area contributed by atoms with Gasteiger partial charge in [0.1, 0.15) is 18.2 Å². The van der Waals surface area contributed by atoms with Crippen molar-refractivity contribution in [1.82, 2.24) is 19.8 Å². The molecule has 1 saturated carbocycles. The van der Waals surface area contributed by atoms with Gasteiger partial charge in [0.15, 0.2) is 0 Å². The van der Waals surface area contributed by atoms with Crippen molar-refractivity contribution in [3.63, 3.8) is 0 Å². The first-order chi connectivity index (χ1) is 16.0. The normalized spacial score (nSPS) is 26.1. The summed E-state index contributed by atoms with van der Waals surface area (Å²) >= 11 is 0. The number of amides is 1. The standard InChI is InChI=1S/C25H33N5O3/c1-17(31)29-10-7-20(8-11-29)28-24-14-25(27-16-26-24)33-21-12-22(23(32)13-21)30-9-6-18-4-2-3-5-19(18)15-30/h2-5,14,16,20-23,32H,6-13,15H2,1H3,(H,26,27,28)/t21-,22?,23+/m1/s1. The predicted octanol–water partition coefficient (Wildman–Crippen LogP) is 2.23. The molecule has 0 bridgehead atoms. The van der Waals surface area contributed by atoms with Gasteiger partial charge in [-0.1, -0.05) is 24.3 Å². The quantitative estimate of drug-likeness (QED) is 0.720. The largest absolute Gasteiger partial charge is 0.474 e. The first-order valence-corrected chi connectivity index (χ1v) is 12.0. The highest BCUT2D eigenvalue weighted by atomic mass is 16.5. The second-order valence-corrected chi connectivity index (χ2v) is 9.50. The van der Waals surface area contributed by atoms with E-state index in [0.29, 0.717) is 12.3 Å². The number of nitrogens with zero attached hydrogens (tertiary/aromatic N) is 4. The van der Waals surface area contributed by atoms with Crippen LogP contribution in [0.1, 0.15) is 43.7 Å². The minimum atomic E-state index is -0.397. The van der Waals surface area contributed by atoms with Gasteiger partial charge in [0, 0.05) is 64.1 Å². The molecule has 0 radical (unpaired) electrons. The van der Waals surface area contributed by atoms with Crippen molar-refractivity contribution in [3.05, 3.63) is 47.8 Å². The van der Waals surface area contributed by atoms with Crippen LogP contribution in [0.15, 0.2) is 36.7 Å². The molecule has 33 heavy (non-hydrogen) atoms. The average Bonchev–Trinajstić information content (AvgIpc) is 3.19. The van der Waals surface area contributed by atoms with E-state index in [0.717, 1.165) is 57.7 Å². The highest BCUT2D eigenvalue weighted by Gasteiger charge is 2.39. The van der Waals surface area contributed by atoms with Gasteiger partial charge in [-0.3, -0.25) is 9.69 Å². The minimum Gasteiger partial charge on any atom is -0.474 e. The molecule has 3 aliphatic rings. The zero-order chi connectivity index (χ0) is 22.8. The van der Waals surface area contributed by atoms with Gasteiger partial charge < -0.3 is 20.1 Å². The van der Waals surface area contributed by atoms with Crippen LogP contribution in [0.3, 0.4) is 0 Å². The van der Waals surface area contributed by atoms with E-state index in [1.807, 2.05) is 11.0 Å². The van der Waals surface area contributed by atoms with Gasteiger partial charge in [0.25, 0.3) is 0 Å². The summed E-state index contributed by atoms with van der Waals surface area (Å²) in [5.41, 5.74) is 2.78. The van der Waals surface area contributed by atoms with Crippen molar-refractivity contribution < 1.29 is 14.6 Å². The highest BCUT2D eigenvalue weighted by Crippen LogP contribution is 2.31. The first-order valence-electron chi connectivity index (χ1n) is 12.0. The molecule has 8 nitrogen and oxygen atoms in total. The van der Waals surface area contributed by atoms with Gasteiger partial charge >= 0.3 is 0 Å². The van der Waals surface area contributed by atoms with E-state index in [9.17, 15) is 9.90 Å². The number of nitrogens with one attached hydrogen (secondary N) is 1. The Kier molecular flexibility index (Phi) is 6.46. The lowest BCUT2D eigenvalue weighted by molar-refractivity contribution is -0.129. The molecule has 176 valence electrons. The van der Waals surface area contributed by atoms with Crippen molar-refractivity contribution in [3.8, 4) is 5.88 Å². The predicted molar refractivity (Wildman–Crippen MR) is 125 cm³/mol. The lowest BCUT2D eigenvalue weighted by Gasteiger charge is -2.35. The number of benzene rings is 1. The Morgan fingerprint density at radius 2 is 1.91 bits per heavy atom. The van der Waals surface area contributed by atoms with Crippen LogP contribution in [-0.4, -0.2) is 74.7 Å². The van der Waals surface area contributed by atoms with E-state index in [4.69, 9.17) is 4.74 Å². The summed E-state index contributed by atoms with van der Waals surface area (Å²) < 4.78 is 6.18. The molecular weight excluding hydrogens is 418 g/mol. The van der Waals surface area contributed by atoms with Crippen LogP contribution in [0, 0.1) is 0 Å². The fourth-order valence-corrected chi connectivity index (χ4v) is 5.44. The maximum Gasteiger partial charge on any atom is 0.219 e. The Morgan fingerprint density at radius 3 is 2.70 bits per heavy atom. The fourth-order valence-electron chi connectivity index (χ4n) is 5.44.